The van der Waals surface area contributed by atoms with E-state index < -0.39 is 42.2 Å². The summed E-state index contributed by atoms with van der Waals surface area (Å²) in [6.45, 7) is 1.01. The zero-order valence-corrected chi connectivity index (χ0v) is 9.80. The molecular weight excluding hydrogens is 282 g/mol. The molecule has 10 heteroatoms. The summed E-state index contributed by atoms with van der Waals surface area (Å²) in [7, 11) is 0.433. The summed E-state index contributed by atoms with van der Waals surface area (Å²) in [5, 5.41) is 9.44. The number of nitro groups is 1. The van der Waals surface area contributed by atoms with E-state index in [1.165, 1.54) is 0 Å². The molecule has 1 aromatic heterocycles. The van der Waals surface area contributed by atoms with E-state index in [1.807, 2.05) is 0 Å². The molecule has 0 saturated heterocycles. The molecule has 0 unspecified atom stereocenters. The molecule has 0 atom stereocenters. The highest BCUT2D eigenvalue weighted by Gasteiger charge is 2.30. The third-order valence-electron chi connectivity index (χ3n) is 1.97. The normalized spacial score (nSPS) is 11.8. The number of rotatable bonds is 3. The van der Waals surface area contributed by atoms with Crippen LogP contribution in [-0.4, -0.2) is 18.3 Å². The Morgan fingerprint density at radius 3 is 2.41 bits per heavy atom. The Morgan fingerprint density at radius 2 is 2.06 bits per heavy atom. The van der Waals surface area contributed by atoms with E-state index in [4.69, 9.17) is 10.7 Å². The van der Waals surface area contributed by atoms with Crippen molar-refractivity contribution in [3.05, 3.63) is 27.4 Å². The highest BCUT2D eigenvalue weighted by Crippen LogP contribution is 2.34. The molecule has 94 valence electrons. The molecule has 0 bridgehead atoms. The van der Waals surface area contributed by atoms with Crippen LogP contribution in [0.25, 0.3) is 0 Å². The lowest BCUT2D eigenvalue weighted by molar-refractivity contribution is -0.385. The smallest absolute Gasteiger partial charge is 0.258 e. The van der Waals surface area contributed by atoms with E-state index in [1.54, 1.807) is 0 Å². The third kappa shape index (κ3) is 2.67. The fraction of sp³-hybridized carbons (Fsp3) is 0.286. The van der Waals surface area contributed by atoms with Crippen LogP contribution in [0.5, 0.6) is 0 Å². The molecule has 0 aliphatic rings. The van der Waals surface area contributed by atoms with Gasteiger partial charge in [0.25, 0.3) is 21.2 Å². The van der Waals surface area contributed by atoms with E-state index in [0.717, 1.165) is 6.92 Å². The predicted molar refractivity (Wildman–Crippen MR) is 53.6 cm³/mol. The van der Waals surface area contributed by atoms with Crippen LogP contribution in [0.4, 0.5) is 14.5 Å². The summed E-state index contributed by atoms with van der Waals surface area (Å²) in [5.41, 5.74) is -2.21. The molecule has 0 aliphatic heterocycles. The van der Waals surface area contributed by atoms with Gasteiger partial charge in [0.1, 0.15) is 6.20 Å². The lowest BCUT2D eigenvalue weighted by Crippen LogP contribution is -2.07. The van der Waals surface area contributed by atoms with Gasteiger partial charge in [-0.3, -0.25) is 10.1 Å². The molecule has 0 aromatic carbocycles. The number of halogens is 3. The van der Waals surface area contributed by atoms with Crippen LogP contribution in [0, 0.1) is 17.0 Å². The molecule has 1 rings (SSSR count). The van der Waals surface area contributed by atoms with Gasteiger partial charge in [-0.25, -0.2) is 22.2 Å². The second-order valence-corrected chi connectivity index (χ2v) is 5.46. The first-order valence-electron chi connectivity index (χ1n) is 4.03. The maximum atomic E-state index is 12.7. The van der Waals surface area contributed by atoms with Gasteiger partial charge in [0.05, 0.1) is 10.5 Å². The molecule has 0 spiro atoms. The Kier molecular flexibility index (Phi) is 3.62. The van der Waals surface area contributed by atoms with Crippen LogP contribution >= 0.6 is 10.7 Å². The van der Waals surface area contributed by atoms with Crippen LogP contribution in [0.3, 0.4) is 0 Å². The molecule has 0 fully saturated rings. The minimum Gasteiger partial charge on any atom is -0.258 e. The summed E-state index contributed by atoms with van der Waals surface area (Å²) in [6, 6.07) is 0. The summed E-state index contributed by atoms with van der Waals surface area (Å²) in [6.07, 6.45) is -2.65. The van der Waals surface area contributed by atoms with E-state index in [-0.39, 0.29) is 0 Å². The SMILES string of the molecule is Cc1c([N+](=O)[O-])cnc(S(=O)(=O)Cl)c1C(F)F. The first-order valence-corrected chi connectivity index (χ1v) is 6.34. The minimum atomic E-state index is -4.48. The first kappa shape index (κ1) is 13.7. The number of aromatic nitrogens is 1. The van der Waals surface area contributed by atoms with Crippen molar-refractivity contribution in [3.63, 3.8) is 0 Å². The van der Waals surface area contributed by atoms with E-state index in [9.17, 15) is 27.3 Å². The molecule has 0 amide bonds. The summed E-state index contributed by atoms with van der Waals surface area (Å²) >= 11 is 0. The number of nitrogens with zero attached hydrogens (tertiary/aromatic N) is 2. The largest absolute Gasteiger partial charge is 0.291 e. The van der Waals surface area contributed by atoms with Gasteiger partial charge in [-0.05, 0) is 6.92 Å². The number of pyridine rings is 1. The van der Waals surface area contributed by atoms with Crippen molar-refractivity contribution in [2.75, 3.05) is 0 Å². The van der Waals surface area contributed by atoms with Gasteiger partial charge in [0.2, 0.25) is 0 Å². The van der Waals surface area contributed by atoms with Gasteiger partial charge < -0.3 is 0 Å². The van der Waals surface area contributed by atoms with Gasteiger partial charge in [0.15, 0.2) is 5.03 Å². The number of hydrogen-bond donors (Lipinski definition) is 0. The van der Waals surface area contributed by atoms with E-state index >= 15 is 0 Å². The van der Waals surface area contributed by atoms with Crippen molar-refractivity contribution in [2.24, 2.45) is 0 Å². The molecule has 1 heterocycles. The molecule has 17 heavy (non-hydrogen) atoms. The molecular formula is C7H5ClF2N2O4S. The average molecular weight is 287 g/mol. The Bertz CT molecular complexity index is 575. The van der Waals surface area contributed by atoms with Crippen LogP contribution in [-0.2, 0) is 9.05 Å². The van der Waals surface area contributed by atoms with Crippen LogP contribution in [0.1, 0.15) is 17.6 Å². The van der Waals surface area contributed by atoms with E-state index in [2.05, 4.69) is 4.98 Å². The second-order valence-electron chi connectivity index (χ2n) is 2.98. The average Bonchev–Trinajstić information content (AvgIpc) is 2.14. The van der Waals surface area contributed by atoms with Gasteiger partial charge in [-0.1, -0.05) is 0 Å². The molecule has 6 nitrogen and oxygen atoms in total. The van der Waals surface area contributed by atoms with Crippen molar-refractivity contribution in [1.82, 2.24) is 4.98 Å². The zero-order chi connectivity index (χ0) is 13.4. The maximum Gasteiger partial charge on any atom is 0.291 e. The van der Waals surface area contributed by atoms with Gasteiger partial charge in [0, 0.05) is 16.2 Å². The first-order chi connectivity index (χ1) is 7.66. The molecule has 0 N–H and O–H groups in total. The Morgan fingerprint density at radius 1 is 1.53 bits per heavy atom. The minimum absolute atomic E-state index is 0.473. The zero-order valence-electron chi connectivity index (χ0n) is 8.22. The lowest BCUT2D eigenvalue weighted by atomic mass is 10.1. The maximum absolute atomic E-state index is 12.7. The van der Waals surface area contributed by atoms with Crippen molar-refractivity contribution in [1.29, 1.82) is 0 Å². The Labute approximate surface area is 98.8 Å². The highest BCUT2D eigenvalue weighted by atomic mass is 35.7. The molecule has 0 radical (unpaired) electrons. The van der Waals surface area contributed by atoms with E-state index in [0.29, 0.717) is 6.20 Å². The number of alkyl halides is 2. The summed E-state index contributed by atoms with van der Waals surface area (Å²) in [5.74, 6) is 0. The summed E-state index contributed by atoms with van der Waals surface area (Å²) in [4.78, 5) is 12.7. The fourth-order valence-electron chi connectivity index (χ4n) is 1.22. The van der Waals surface area contributed by atoms with Crippen molar-refractivity contribution >= 4 is 25.4 Å². The fourth-order valence-corrected chi connectivity index (χ4v) is 2.27. The highest BCUT2D eigenvalue weighted by molar-refractivity contribution is 8.13. The standard InChI is InChI=1S/C7H5ClF2N2O4S/c1-3-4(12(13)14)2-11-7(17(8,15)16)5(3)6(9)10/h2,6H,1H3. The summed E-state index contributed by atoms with van der Waals surface area (Å²) < 4.78 is 47.3. The molecule has 1 aromatic rings. The van der Waals surface area contributed by atoms with Crippen LogP contribution in [0.15, 0.2) is 11.2 Å². The van der Waals surface area contributed by atoms with Crippen molar-refractivity contribution in [3.8, 4) is 0 Å². The topological polar surface area (TPSA) is 90.2 Å². The van der Waals surface area contributed by atoms with Crippen LogP contribution < -0.4 is 0 Å². The van der Waals surface area contributed by atoms with Gasteiger partial charge in [-0.2, -0.15) is 0 Å². The molecule has 0 aliphatic carbocycles. The monoisotopic (exact) mass is 286 g/mol. The van der Waals surface area contributed by atoms with Crippen molar-refractivity contribution in [2.45, 2.75) is 18.4 Å². The molecule has 0 saturated carbocycles. The lowest BCUT2D eigenvalue weighted by Gasteiger charge is -2.08. The quantitative estimate of drug-likeness (QED) is 0.482. The predicted octanol–water partition coefficient (Wildman–Crippen LogP) is 2.16. The Hall–Kier alpha value is -1.35. The van der Waals surface area contributed by atoms with Crippen LogP contribution in [0.2, 0.25) is 0 Å². The van der Waals surface area contributed by atoms with Crippen molar-refractivity contribution < 1.29 is 22.1 Å². The second kappa shape index (κ2) is 4.49. The van der Waals surface area contributed by atoms with Gasteiger partial charge >= 0.3 is 0 Å². The number of hydrogen-bond acceptors (Lipinski definition) is 5. The van der Waals surface area contributed by atoms with Gasteiger partial charge in [-0.15, -0.1) is 0 Å². The third-order valence-corrected chi connectivity index (χ3v) is 3.19. The Balaban J connectivity index is 3.69.